The monoisotopic (exact) mass is 216 g/mol. The van der Waals surface area contributed by atoms with E-state index in [0.717, 1.165) is 17.7 Å². The van der Waals surface area contributed by atoms with Gasteiger partial charge in [0.25, 0.3) is 6.01 Å². The first-order chi connectivity index (χ1) is 7.79. The van der Waals surface area contributed by atoms with Crippen molar-refractivity contribution in [3.63, 3.8) is 0 Å². The second-order valence-corrected chi connectivity index (χ2v) is 3.86. The minimum atomic E-state index is 0.213. The minimum Gasteiger partial charge on any atom is -0.424 e. The molecule has 0 saturated heterocycles. The maximum absolute atomic E-state index is 5.43. The van der Waals surface area contributed by atoms with Crippen molar-refractivity contribution in [2.24, 2.45) is 0 Å². The van der Waals surface area contributed by atoms with Gasteiger partial charge in [-0.15, -0.1) is 0 Å². The molecule has 3 nitrogen and oxygen atoms in total. The lowest BCUT2D eigenvalue weighted by atomic mass is 10.1. The molecule has 0 atom stereocenters. The summed E-state index contributed by atoms with van der Waals surface area (Å²) in [7, 11) is 0. The molecule has 0 aliphatic carbocycles. The van der Waals surface area contributed by atoms with Gasteiger partial charge in [-0.25, -0.2) is 4.98 Å². The molecular formula is C13H16N2O. The Labute approximate surface area is 95.3 Å². The summed E-state index contributed by atoms with van der Waals surface area (Å²) in [5, 5.41) is 0. The van der Waals surface area contributed by atoms with Crippen LogP contribution in [0.3, 0.4) is 0 Å². The average molecular weight is 216 g/mol. The van der Waals surface area contributed by atoms with E-state index >= 15 is 0 Å². The topological polar surface area (TPSA) is 52.0 Å². The molecule has 84 valence electrons. The zero-order valence-corrected chi connectivity index (χ0v) is 9.44. The third-order valence-electron chi connectivity index (χ3n) is 2.58. The first kappa shape index (κ1) is 10.7. The normalized spacial score (nSPS) is 10.6. The molecule has 2 rings (SSSR count). The largest absolute Gasteiger partial charge is 0.424 e. The van der Waals surface area contributed by atoms with E-state index in [1.165, 1.54) is 18.4 Å². The number of benzene rings is 1. The van der Waals surface area contributed by atoms with Crippen LogP contribution in [0.1, 0.15) is 25.3 Å². The molecule has 0 amide bonds. The van der Waals surface area contributed by atoms with Crippen LogP contribution in [-0.4, -0.2) is 4.98 Å². The second kappa shape index (κ2) is 4.84. The Morgan fingerprint density at radius 2 is 2.00 bits per heavy atom. The Kier molecular flexibility index (Phi) is 3.25. The lowest BCUT2D eigenvalue weighted by Crippen LogP contribution is -1.84. The number of unbranched alkanes of at least 4 members (excludes halogenated alkanes) is 1. The van der Waals surface area contributed by atoms with E-state index < -0.39 is 0 Å². The molecule has 16 heavy (non-hydrogen) atoms. The fraction of sp³-hybridized carbons (Fsp3) is 0.308. The van der Waals surface area contributed by atoms with Gasteiger partial charge in [0.1, 0.15) is 0 Å². The standard InChI is InChI=1S/C13H16N2O/c1-2-3-4-10-5-7-11(8-6-10)12-9-15-13(14)16-12/h5-9H,2-4H2,1H3,(H2,14,15). The lowest BCUT2D eigenvalue weighted by Gasteiger charge is -2.01. The molecule has 0 aliphatic rings. The van der Waals surface area contributed by atoms with Gasteiger partial charge in [-0.2, -0.15) is 0 Å². The van der Waals surface area contributed by atoms with Crippen LogP contribution < -0.4 is 5.73 Å². The van der Waals surface area contributed by atoms with Crippen molar-refractivity contribution >= 4 is 6.01 Å². The summed E-state index contributed by atoms with van der Waals surface area (Å²) < 4.78 is 5.26. The molecule has 1 heterocycles. The van der Waals surface area contributed by atoms with Crippen molar-refractivity contribution in [3.8, 4) is 11.3 Å². The first-order valence-electron chi connectivity index (χ1n) is 5.60. The van der Waals surface area contributed by atoms with E-state index in [1.807, 2.05) is 12.1 Å². The second-order valence-electron chi connectivity index (χ2n) is 3.86. The maximum Gasteiger partial charge on any atom is 0.292 e. The SMILES string of the molecule is CCCCc1ccc(-c2cnc(N)o2)cc1. The highest BCUT2D eigenvalue weighted by Crippen LogP contribution is 2.21. The summed E-state index contributed by atoms with van der Waals surface area (Å²) in [6.45, 7) is 2.20. The van der Waals surface area contributed by atoms with E-state index in [-0.39, 0.29) is 6.01 Å². The number of oxazole rings is 1. The molecule has 0 spiro atoms. The lowest BCUT2D eigenvalue weighted by molar-refractivity contribution is 0.595. The van der Waals surface area contributed by atoms with E-state index in [2.05, 4.69) is 24.0 Å². The summed E-state index contributed by atoms with van der Waals surface area (Å²) in [6.07, 6.45) is 5.24. The number of aromatic nitrogens is 1. The Morgan fingerprint density at radius 3 is 2.56 bits per heavy atom. The van der Waals surface area contributed by atoms with Gasteiger partial charge in [0.15, 0.2) is 5.76 Å². The van der Waals surface area contributed by atoms with Gasteiger partial charge in [-0.3, -0.25) is 0 Å². The molecule has 2 aromatic rings. The van der Waals surface area contributed by atoms with Crippen LogP contribution in [0.2, 0.25) is 0 Å². The zero-order chi connectivity index (χ0) is 11.4. The predicted molar refractivity (Wildman–Crippen MR) is 65.0 cm³/mol. The summed E-state index contributed by atoms with van der Waals surface area (Å²) in [4.78, 5) is 3.88. The Morgan fingerprint density at radius 1 is 1.25 bits per heavy atom. The smallest absolute Gasteiger partial charge is 0.292 e. The number of anilines is 1. The molecule has 0 unspecified atom stereocenters. The molecule has 0 saturated carbocycles. The summed E-state index contributed by atoms with van der Waals surface area (Å²) >= 11 is 0. The van der Waals surface area contributed by atoms with Crippen LogP contribution in [0.4, 0.5) is 6.01 Å². The maximum atomic E-state index is 5.43. The van der Waals surface area contributed by atoms with Gasteiger partial charge < -0.3 is 10.2 Å². The van der Waals surface area contributed by atoms with Gasteiger partial charge in [0.05, 0.1) is 6.20 Å². The summed E-state index contributed by atoms with van der Waals surface area (Å²) in [6, 6.07) is 8.56. The number of rotatable bonds is 4. The Bertz CT molecular complexity index is 445. The van der Waals surface area contributed by atoms with E-state index in [1.54, 1.807) is 6.20 Å². The van der Waals surface area contributed by atoms with Crippen LogP contribution in [0, 0.1) is 0 Å². The van der Waals surface area contributed by atoms with Crippen LogP contribution in [0.15, 0.2) is 34.9 Å². The fourth-order valence-electron chi connectivity index (χ4n) is 1.64. The Balaban J connectivity index is 2.13. The highest BCUT2D eigenvalue weighted by molar-refractivity contribution is 5.57. The molecule has 0 fully saturated rings. The van der Waals surface area contributed by atoms with Gasteiger partial charge in [-0.05, 0) is 18.4 Å². The average Bonchev–Trinajstić information content (AvgIpc) is 2.74. The molecule has 2 N–H and O–H groups in total. The minimum absolute atomic E-state index is 0.213. The summed E-state index contributed by atoms with van der Waals surface area (Å²) in [5.74, 6) is 0.722. The van der Waals surface area contributed by atoms with Gasteiger partial charge in [-0.1, -0.05) is 37.6 Å². The van der Waals surface area contributed by atoms with Crippen molar-refractivity contribution in [1.29, 1.82) is 0 Å². The quantitative estimate of drug-likeness (QED) is 0.853. The number of nitrogens with zero attached hydrogens (tertiary/aromatic N) is 1. The number of nitrogens with two attached hydrogens (primary N) is 1. The highest BCUT2D eigenvalue weighted by Gasteiger charge is 2.03. The molecule has 0 aliphatic heterocycles. The first-order valence-corrected chi connectivity index (χ1v) is 5.60. The van der Waals surface area contributed by atoms with Gasteiger partial charge >= 0.3 is 0 Å². The van der Waals surface area contributed by atoms with Crippen molar-refractivity contribution in [3.05, 3.63) is 36.0 Å². The van der Waals surface area contributed by atoms with Crippen LogP contribution in [0.5, 0.6) is 0 Å². The molecule has 3 heteroatoms. The summed E-state index contributed by atoms with van der Waals surface area (Å²) in [5.41, 5.74) is 7.81. The van der Waals surface area contributed by atoms with Crippen molar-refractivity contribution < 1.29 is 4.42 Å². The molecular weight excluding hydrogens is 200 g/mol. The highest BCUT2D eigenvalue weighted by atomic mass is 16.4. The van der Waals surface area contributed by atoms with Gasteiger partial charge in [0.2, 0.25) is 0 Å². The molecule has 1 aromatic heterocycles. The molecule has 1 aromatic carbocycles. The van der Waals surface area contributed by atoms with Crippen molar-refractivity contribution in [2.75, 3.05) is 5.73 Å². The van der Waals surface area contributed by atoms with Crippen molar-refractivity contribution in [2.45, 2.75) is 26.2 Å². The van der Waals surface area contributed by atoms with Crippen LogP contribution in [-0.2, 0) is 6.42 Å². The number of hydrogen-bond acceptors (Lipinski definition) is 3. The van der Waals surface area contributed by atoms with Crippen LogP contribution in [0.25, 0.3) is 11.3 Å². The zero-order valence-electron chi connectivity index (χ0n) is 9.44. The van der Waals surface area contributed by atoms with Crippen LogP contribution >= 0.6 is 0 Å². The number of aryl methyl sites for hydroxylation is 1. The van der Waals surface area contributed by atoms with E-state index in [4.69, 9.17) is 10.2 Å². The van der Waals surface area contributed by atoms with Crippen molar-refractivity contribution in [1.82, 2.24) is 4.98 Å². The third-order valence-corrected chi connectivity index (χ3v) is 2.58. The van der Waals surface area contributed by atoms with E-state index in [0.29, 0.717) is 0 Å². The fourth-order valence-corrected chi connectivity index (χ4v) is 1.64. The molecule has 0 bridgehead atoms. The Hall–Kier alpha value is -1.77. The van der Waals surface area contributed by atoms with E-state index in [9.17, 15) is 0 Å². The molecule has 0 radical (unpaired) electrons. The number of nitrogen functional groups attached to an aromatic ring is 1. The third kappa shape index (κ3) is 2.42. The van der Waals surface area contributed by atoms with Gasteiger partial charge in [0, 0.05) is 5.56 Å². The predicted octanol–water partition coefficient (Wildman–Crippen LogP) is 3.27. The number of hydrogen-bond donors (Lipinski definition) is 1.